The lowest BCUT2D eigenvalue weighted by Gasteiger charge is -2.12. The summed E-state index contributed by atoms with van der Waals surface area (Å²) in [6.45, 7) is 1.72. The Balaban J connectivity index is 0.00000254. The van der Waals surface area contributed by atoms with E-state index in [4.69, 9.17) is 17.0 Å². The van der Waals surface area contributed by atoms with E-state index in [1.807, 2.05) is 0 Å². The molecule has 0 unspecified atom stereocenters. The van der Waals surface area contributed by atoms with Crippen LogP contribution in [-0.2, 0) is 4.74 Å². The minimum absolute atomic E-state index is 0.0135. The Hall–Kier alpha value is -2.53. The molecular weight excluding hydrogens is 345 g/mol. The fourth-order valence-electron chi connectivity index (χ4n) is 1.45. The van der Waals surface area contributed by atoms with Crippen molar-refractivity contribution in [3.63, 3.8) is 0 Å². The van der Waals surface area contributed by atoms with Crippen LogP contribution in [0.2, 0.25) is 5.15 Å². The van der Waals surface area contributed by atoms with Crippen LogP contribution in [0.1, 0.15) is 18.9 Å². The number of nitrogens with one attached hydrogen (secondary N) is 2. The van der Waals surface area contributed by atoms with E-state index in [1.54, 1.807) is 19.1 Å². The van der Waals surface area contributed by atoms with Gasteiger partial charge in [0.05, 0.1) is 5.56 Å². The molecule has 2 N–H and O–H groups in total. The Morgan fingerprint density at radius 2 is 2.08 bits per heavy atom. The molecule has 1 heterocycles. The van der Waals surface area contributed by atoms with Gasteiger partial charge < -0.3 is 15.5 Å². The van der Waals surface area contributed by atoms with Crippen molar-refractivity contribution in [1.82, 2.24) is 9.97 Å². The van der Waals surface area contributed by atoms with Crippen molar-refractivity contribution in [2.24, 2.45) is 0 Å². The minimum atomic E-state index is -4.74. The van der Waals surface area contributed by atoms with E-state index < -0.39 is 6.36 Å². The third-order valence-electron chi connectivity index (χ3n) is 2.38. The number of terminal acetylenes is 1. The van der Waals surface area contributed by atoms with Crippen molar-refractivity contribution in [2.75, 3.05) is 11.9 Å². The van der Waals surface area contributed by atoms with Crippen LogP contribution in [-0.4, -0.2) is 29.1 Å². The summed E-state index contributed by atoms with van der Waals surface area (Å²) < 4.78 is 40.8. The number of rotatable bonds is 7. The molecule has 0 aliphatic carbocycles. The van der Waals surface area contributed by atoms with E-state index in [0.29, 0.717) is 0 Å². The number of nitrogens with zero attached hydrogens (tertiary/aromatic N) is 2. The summed E-state index contributed by atoms with van der Waals surface area (Å²) in [4.78, 5) is 7.59. The molecule has 0 amide bonds. The quantitative estimate of drug-likeness (QED) is 0.252. The van der Waals surface area contributed by atoms with E-state index in [1.165, 1.54) is 12.4 Å². The minimum Gasteiger partial charge on any atom is -0.410 e. The van der Waals surface area contributed by atoms with Crippen molar-refractivity contribution in [3.05, 3.63) is 41.0 Å². The van der Waals surface area contributed by atoms with Gasteiger partial charge in [-0.15, -0.1) is 26.0 Å². The van der Waals surface area contributed by atoms with Gasteiger partial charge in [0.2, 0.25) is 0 Å². The number of allylic oxidation sites excluding steroid dienone is 2. The molecule has 0 saturated carbocycles. The summed E-state index contributed by atoms with van der Waals surface area (Å²) in [6, 6.07) is 0. The SMILES string of the molecule is C#C.C/C=C\C/C(=C\CNc1ncnc(Cl)c1C=N)OC(F)(F)F. The van der Waals surface area contributed by atoms with Gasteiger partial charge >= 0.3 is 6.36 Å². The van der Waals surface area contributed by atoms with Crippen LogP contribution in [0.25, 0.3) is 0 Å². The smallest absolute Gasteiger partial charge is 0.410 e. The van der Waals surface area contributed by atoms with E-state index in [2.05, 4.69) is 32.9 Å². The highest BCUT2D eigenvalue weighted by Gasteiger charge is 2.31. The summed E-state index contributed by atoms with van der Waals surface area (Å²) in [7, 11) is 0. The Kier molecular flexibility index (Phi) is 9.91. The summed E-state index contributed by atoms with van der Waals surface area (Å²) in [5.41, 5.74) is 0.254. The molecule has 0 atom stereocenters. The van der Waals surface area contributed by atoms with Crippen molar-refractivity contribution in [2.45, 2.75) is 19.7 Å². The number of hydrogen-bond donors (Lipinski definition) is 2. The molecule has 0 bridgehead atoms. The van der Waals surface area contributed by atoms with Crippen LogP contribution >= 0.6 is 11.6 Å². The summed E-state index contributed by atoms with van der Waals surface area (Å²) in [5, 5.41) is 10.1. The number of halogens is 4. The highest BCUT2D eigenvalue weighted by molar-refractivity contribution is 6.32. The molecule has 0 aliphatic rings. The van der Waals surface area contributed by atoms with Gasteiger partial charge in [0.25, 0.3) is 0 Å². The average molecular weight is 361 g/mol. The summed E-state index contributed by atoms with van der Waals surface area (Å²) >= 11 is 5.79. The maximum Gasteiger partial charge on any atom is 0.572 e. The molecule has 5 nitrogen and oxygen atoms in total. The lowest BCUT2D eigenvalue weighted by atomic mass is 10.3. The second kappa shape index (κ2) is 11.1. The van der Waals surface area contributed by atoms with Crippen LogP contribution in [0.15, 0.2) is 30.3 Å². The first kappa shape index (κ1) is 21.5. The molecule has 0 aliphatic heterocycles. The summed E-state index contributed by atoms with van der Waals surface area (Å²) in [6.07, 6.45) is 9.83. The first-order valence-corrected chi connectivity index (χ1v) is 6.89. The fourth-order valence-corrected chi connectivity index (χ4v) is 1.64. The Morgan fingerprint density at radius 1 is 1.42 bits per heavy atom. The number of hydrogen-bond acceptors (Lipinski definition) is 5. The topological polar surface area (TPSA) is 70.9 Å². The van der Waals surface area contributed by atoms with Gasteiger partial charge in [-0.05, 0) is 13.0 Å². The first-order valence-electron chi connectivity index (χ1n) is 6.51. The fraction of sp³-hybridized carbons (Fsp3) is 0.267. The molecule has 24 heavy (non-hydrogen) atoms. The van der Waals surface area contributed by atoms with Gasteiger partial charge in [0, 0.05) is 19.2 Å². The highest BCUT2D eigenvalue weighted by atomic mass is 35.5. The van der Waals surface area contributed by atoms with Gasteiger partial charge in [-0.3, -0.25) is 0 Å². The third kappa shape index (κ3) is 8.19. The molecule has 1 aromatic heterocycles. The summed E-state index contributed by atoms with van der Waals surface area (Å²) in [5.74, 6) is 0.0123. The van der Waals surface area contributed by atoms with Crippen LogP contribution < -0.4 is 5.32 Å². The van der Waals surface area contributed by atoms with Gasteiger partial charge in [-0.2, -0.15) is 0 Å². The lowest BCUT2D eigenvalue weighted by molar-refractivity contribution is -0.306. The van der Waals surface area contributed by atoms with Gasteiger partial charge in [-0.25, -0.2) is 9.97 Å². The molecule has 0 saturated heterocycles. The maximum atomic E-state index is 12.3. The normalized spacial score (nSPS) is 11.5. The number of alkyl halides is 3. The van der Waals surface area contributed by atoms with Crippen LogP contribution in [0, 0.1) is 18.3 Å². The second-order valence-electron chi connectivity index (χ2n) is 3.94. The zero-order valence-electron chi connectivity index (χ0n) is 12.8. The molecule has 0 aromatic carbocycles. The highest BCUT2D eigenvalue weighted by Crippen LogP contribution is 2.23. The van der Waals surface area contributed by atoms with Crippen molar-refractivity contribution < 1.29 is 17.9 Å². The monoisotopic (exact) mass is 360 g/mol. The van der Waals surface area contributed by atoms with Crippen LogP contribution in [0.4, 0.5) is 19.0 Å². The van der Waals surface area contributed by atoms with Crippen LogP contribution in [0.5, 0.6) is 0 Å². The van der Waals surface area contributed by atoms with Gasteiger partial charge in [0.15, 0.2) is 0 Å². The zero-order valence-corrected chi connectivity index (χ0v) is 13.5. The molecular formula is C15H16ClF3N4O. The van der Waals surface area contributed by atoms with E-state index in [0.717, 1.165) is 6.21 Å². The second-order valence-corrected chi connectivity index (χ2v) is 4.30. The van der Waals surface area contributed by atoms with Gasteiger partial charge in [0.1, 0.15) is 23.1 Å². The molecule has 9 heteroatoms. The molecule has 0 spiro atoms. The van der Waals surface area contributed by atoms with Crippen LogP contribution in [0.3, 0.4) is 0 Å². The van der Waals surface area contributed by atoms with E-state index in [-0.39, 0.29) is 35.3 Å². The van der Waals surface area contributed by atoms with Crippen molar-refractivity contribution in [1.29, 1.82) is 5.41 Å². The molecule has 0 radical (unpaired) electrons. The molecule has 1 aromatic rings. The van der Waals surface area contributed by atoms with Crippen molar-refractivity contribution in [3.8, 4) is 12.8 Å². The number of aromatic nitrogens is 2. The van der Waals surface area contributed by atoms with Crippen molar-refractivity contribution >= 4 is 23.6 Å². The predicted molar refractivity (Wildman–Crippen MR) is 88.0 cm³/mol. The first-order chi connectivity index (χ1) is 11.4. The maximum absolute atomic E-state index is 12.3. The lowest BCUT2D eigenvalue weighted by Crippen LogP contribution is -2.14. The van der Waals surface area contributed by atoms with E-state index >= 15 is 0 Å². The van der Waals surface area contributed by atoms with Gasteiger partial charge in [-0.1, -0.05) is 23.8 Å². The standard InChI is InChI=1S/C13H14ClF3N4O.C2H2/c1-2-3-4-9(22-13(15,16)17)5-6-19-12-10(7-18)11(14)20-8-21-12;1-2/h2-3,5,7-8,18H,4,6H2,1H3,(H,19,20,21);1-2H/b3-2-,9-5+,18-7?;. The zero-order chi connectivity index (χ0) is 18.6. The Morgan fingerprint density at radius 3 is 2.62 bits per heavy atom. The average Bonchev–Trinajstić information content (AvgIpc) is 2.53. The molecule has 0 fully saturated rings. The Labute approximate surface area is 143 Å². The largest absolute Gasteiger partial charge is 0.572 e. The van der Waals surface area contributed by atoms with E-state index in [9.17, 15) is 13.2 Å². The molecule has 130 valence electrons. The third-order valence-corrected chi connectivity index (χ3v) is 2.68. The molecule has 1 rings (SSSR count). The number of ether oxygens (including phenoxy) is 1. The number of anilines is 1. The predicted octanol–water partition coefficient (Wildman–Crippen LogP) is 4.18. The Bertz CT molecular complexity index is 612.